The molecule has 0 saturated heterocycles. The fourth-order valence-electron chi connectivity index (χ4n) is 8.59. The Morgan fingerprint density at radius 3 is 2.26 bits per heavy atom. The van der Waals surface area contributed by atoms with Gasteiger partial charge in [0, 0.05) is 24.0 Å². The first kappa shape index (κ1) is 35.5. The second-order valence-electron chi connectivity index (χ2n) is 15.2. The first-order valence-corrected chi connectivity index (χ1v) is 19.5. The van der Waals surface area contributed by atoms with Crippen molar-refractivity contribution in [3.05, 3.63) is 193 Å². The zero-order valence-corrected chi connectivity index (χ0v) is 31.7. The van der Waals surface area contributed by atoms with E-state index >= 15 is 0 Å². The largest absolute Gasteiger partial charge is 0.323 e. The highest BCUT2D eigenvalue weighted by Gasteiger charge is 2.29. The van der Waals surface area contributed by atoms with Crippen LogP contribution in [0, 0.1) is 5.92 Å². The molecule has 2 nitrogen and oxygen atoms in total. The van der Waals surface area contributed by atoms with E-state index in [2.05, 4.69) is 196 Å². The zero-order valence-electron chi connectivity index (χ0n) is 31.7. The van der Waals surface area contributed by atoms with Crippen molar-refractivity contribution in [2.45, 2.75) is 51.1 Å². The molecular formula is C52H50N2. The van der Waals surface area contributed by atoms with Gasteiger partial charge in [-0.3, -0.25) is 0 Å². The molecular weight excluding hydrogens is 653 g/mol. The number of hydrogen-bond acceptors (Lipinski definition) is 2. The molecule has 0 spiro atoms. The minimum atomic E-state index is -0.100. The lowest BCUT2D eigenvalue weighted by Gasteiger charge is -2.31. The maximum Gasteiger partial charge on any atom is 0.0443 e. The lowest BCUT2D eigenvalue weighted by Crippen LogP contribution is -2.45. The summed E-state index contributed by atoms with van der Waals surface area (Å²) in [5, 5.41) is 8.78. The number of fused-ring (bicyclic) bond motifs is 2. The van der Waals surface area contributed by atoms with Crippen molar-refractivity contribution >= 4 is 32.7 Å². The van der Waals surface area contributed by atoms with Crippen LogP contribution in [0.3, 0.4) is 0 Å². The van der Waals surface area contributed by atoms with Gasteiger partial charge in [0.05, 0.1) is 0 Å². The molecule has 0 amide bonds. The molecule has 54 heavy (non-hydrogen) atoms. The second-order valence-corrected chi connectivity index (χ2v) is 15.2. The van der Waals surface area contributed by atoms with Crippen LogP contribution in [0.25, 0.3) is 54.9 Å². The maximum absolute atomic E-state index is 6.33. The van der Waals surface area contributed by atoms with Gasteiger partial charge in [-0.1, -0.05) is 177 Å². The Labute approximate surface area is 321 Å². The minimum absolute atomic E-state index is 0.0137. The van der Waals surface area contributed by atoms with Crippen molar-refractivity contribution in [3.8, 4) is 22.3 Å². The molecule has 268 valence electrons. The van der Waals surface area contributed by atoms with Gasteiger partial charge in [-0.15, -0.1) is 0 Å². The third-order valence-electron chi connectivity index (χ3n) is 11.6. The molecule has 0 radical (unpaired) electrons. The molecule has 5 aromatic rings. The summed E-state index contributed by atoms with van der Waals surface area (Å²) in [4.78, 5) is 0. The molecule has 0 fully saturated rings. The average Bonchev–Trinajstić information content (AvgIpc) is 3.22. The van der Waals surface area contributed by atoms with Gasteiger partial charge in [0.2, 0.25) is 0 Å². The highest BCUT2D eigenvalue weighted by Crippen LogP contribution is 2.49. The summed E-state index contributed by atoms with van der Waals surface area (Å²) < 4.78 is 0. The maximum atomic E-state index is 6.33. The molecule has 4 atom stereocenters. The Bertz CT molecular complexity index is 2460. The Morgan fingerprint density at radius 2 is 1.52 bits per heavy atom. The second kappa shape index (κ2) is 15.4. The van der Waals surface area contributed by atoms with Crippen LogP contribution in [0.4, 0.5) is 0 Å². The SMILES string of the molecule is C/C=C\C=C(/C)c1ccccc1-c1c2ccccc2c(-c2ccccc2C2(C)C=CC=CC2)c2ccc(C3=CCC(CNC4C=CC=CC4N)C=C3)cc12. The van der Waals surface area contributed by atoms with Gasteiger partial charge in [-0.05, 0) is 110 Å². The molecule has 2 heteroatoms. The monoisotopic (exact) mass is 702 g/mol. The Hall–Kier alpha value is -5.54. The van der Waals surface area contributed by atoms with Crippen molar-refractivity contribution in [2.75, 3.05) is 6.54 Å². The van der Waals surface area contributed by atoms with E-state index in [0.29, 0.717) is 5.92 Å². The highest BCUT2D eigenvalue weighted by molar-refractivity contribution is 6.22. The highest BCUT2D eigenvalue weighted by atomic mass is 14.9. The molecule has 8 rings (SSSR count). The molecule has 0 saturated carbocycles. The van der Waals surface area contributed by atoms with E-state index in [-0.39, 0.29) is 17.5 Å². The molecule has 0 bridgehead atoms. The number of hydrogen-bond donors (Lipinski definition) is 2. The van der Waals surface area contributed by atoms with E-state index in [1.54, 1.807) is 0 Å². The molecule has 0 aliphatic heterocycles. The summed E-state index contributed by atoms with van der Waals surface area (Å²) >= 11 is 0. The number of nitrogens with two attached hydrogens (primary N) is 1. The van der Waals surface area contributed by atoms with Crippen LogP contribution in [0.1, 0.15) is 50.3 Å². The van der Waals surface area contributed by atoms with Gasteiger partial charge in [0.25, 0.3) is 0 Å². The topological polar surface area (TPSA) is 38.0 Å². The van der Waals surface area contributed by atoms with Crippen LogP contribution in [0.15, 0.2) is 176 Å². The fourth-order valence-corrected chi connectivity index (χ4v) is 8.59. The lowest BCUT2D eigenvalue weighted by atomic mass is 9.73. The normalized spacial score (nSPS) is 22.5. The molecule has 5 aromatic carbocycles. The molecule has 3 aliphatic rings. The standard InChI is InChI=1S/C52H50N2/c1-4-5-17-36(2)40-18-7-8-19-41(40)51-43-21-10-9-20-42(43)50(45-22-11-12-23-47(45)52(3)32-15-6-16-33-52)44-31-30-39(34-46(44)51)38-28-26-37(27-29-38)35-54-49-25-14-13-24-48(49)53/h4-26,28-32,34,37,48-49,54H,27,33,35,53H2,1-3H3/b5-4-,36-17+. The van der Waals surface area contributed by atoms with Crippen LogP contribution >= 0.6 is 0 Å². The number of nitrogens with one attached hydrogen (secondary N) is 1. The van der Waals surface area contributed by atoms with Crippen LogP contribution in [0.5, 0.6) is 0 Å². The van der Waals surface area contributed by atoms with Gasteiger partial charge in [-0.25, -0.2) is 0 Å². The first-order valence-electron chi connectivity index (χ1n) is 19.5. The van der Waals surface area contributed by atoms with Crippen molar-refractivity contribution in [3.63, 3.8) is 0 Å². The smallest absolute Gasteiger partial charge is 0.0443 e. The predicted molar refractivity (Wildman–Crippen MR) is 234 cm³/mol. The Morgan fingerprint density at radius 1 is 0.796 bits per heavy atom. The van der Waals surface area contributed by atoms with Gasteiger partial charge in [0.15, 0.2) is 0 Å². The van der Waals surface area contributed by atoms with Gasteiger partial charge >= 0.3 is 0 Å². The van der Waals surface area contributed by atoms with Crippen molar-refractivity contribution in [1.29, 1.82) is 0 Å². The van der Waals surface area contributed by atoms with Crippen LogP contribution in [0.2, 0.25) is 0 Å². The molecule has 4 unspecified atom stereocenters. The summed E-state index contributed by atoms with van der Waals surface area (Å²) in [6.07, 6.45) is 32.9. The summed E-state index contributed by atoms with van der Waals surface area (Å²) in [7, 11) is 0. The number of rotatable bonds is 9. The molecule has 3 N–H and O–H groups in total. The van der Waals surface area contributed by atoms with E-state index in [1.165, 1.54) is 71.6 Å². The third kappa shape index (κ3) is 6.84. The van der Waals surface area contributed by atoms with E-state index in [1.807, 2.05) is 6.08 Å². The summed E-state index contributed by atoms with van der Waals surface area (Å²) in [5.41, 5.74) is 17.7. The first-order chi connectivity index (χ1) is 26.4. The van der Waals surface area contributed by atoms with Crippen LogP contribution in [-0.2, 0) is 5.41 Å². The number of benzene rings is 5. The lowest BCUT2D eigenvalue weighted by molar-refractivity contribution is 0.488. The molecule has 0 aromatic heterocycles. The summed E-state index contributed by atoms with van der Waals surface area (Å²) in [6, 6.07) is 34.5. The third-order valence-corrected chi connectivity index (χ3v) is 11.6. The molecule has 3 aliphatic carbocycles. The summed E-state index contributed by atoms with van der Waals surface area (Å²) in [5.74, 6) is 0.423. The Balaban J connectivity index is 1.31. The average molecular weight is 703 g/mol. The van der Waals surface area contributed by atoms with Crippen LogP contribution < -0.4 is 11.1 Å². The van der Waals surface area contributed by atoms with E-state index in [0.717, 1.165) is 19.4 Å². The quantitative estimate of drug-likeness (QED) is 0.119. The van der Waals surface area contributed by atoms with Gasteiger partial charge in [-0.2, -0.15) is 0 Å². The van der Waals surface area contributed by atoms with E-state index < -0.39 is 0 Å². The summed E-state index contributed by atoms with van der Waals surface area (Å²) in [6.45, 7) is 7.57. The van der Waals surface area contributed by atoms with Crippen molar-refractivity contribution < 1.29 is 0 Å². The van der Waals surface area contributed by atoms with Crippen LogP contribution in [-0.4, -0.2) is 18.6 Å². The van der Waals surface area contributed by atoms with Crippen molar-refractivity contribution in [2.24, 2.45) is 11.7 Å². The fraction of sp³-hybridized carbons (Fsp3) is 0.192. The molecule has 0 heterocycles. The zero-order chi connectivity index (χ0) is 37.1. The van der Waals surface area contributed by atoms with Crippen molar-refractivity contribution in [1.82, 2.24) is 5.32 Å². The Kier molecular flexibility index (Phi) is 10.1. The number of allylic oxidation sites excluding steroid dienone is 13. The van der Waals surface area contributed by atoms with Gasteiger partial charge < -0.3 is 11.1 Å². The van der Waals surface area contributed by atoms with E-state index in [9.17, 15) is 0 Å². The minimum Gasteiger partial charge on any atom is -0.323 e. The van der Waals surface area contributed by atoms with Gasteiger partial charge in [0.1, 0.15) is 0 Å². The predicted octanol–water partition coefficient (Wildman–Crippen LogP) is 12.5. The van der Waals surface area contributed by atoms with E-state index in [4.69, 9.17) is 5.73 Å².